The molecule has 0 saturated carbocycles. The molecule has 4 nitrogen and oxygen atoms in total. The number of hydrogen-bond donors (Lipinski definition) is 2. The lowest BCUT2D eigenvalue weighted by molar-refractivity contribution is -0.116. The van der Waals surface area contributed by atoms with E-state index in [4.69, 9.17) is 10.5 Å². The molecule has 1 aromatic carbocycles. The van der Waals surface area contributed by atoms with Crippen LogP contribution in [0.3, 0.4) is 0 Å². The highest BCUT2D eigenvalue weighted by molar-refractivity contribution is 5.91. The minimum Gasteiger partial charge on any atom is -0.381 e. The number of unbranched alkanes of at least 4 members (excludes halogenated alkanes) is 1. The minimum absolute atomic E-state index is 0.0139. The highest BCUT2D eigenvalue weighted by atomic mass is 16.5. The van der Waals surface area contributed by atoms with E-state index in [2.05, 4.69) is 12.2 Å². The number of para-hydroxylation sites is 1. The van der Waals surface area contributed by atoms with Crippen molar-refractivity contribution >= 4 is 11.6 Å². The van der Waals surface area contributed by atoms with Crippen LogP contribution in [0.15, 0.2) is 24.3 Å². The third-order valence-electron chi connectivity index (χ3n) is 2.85. The van der Waals surface area contributed by atoms with Gasteiger partial charge >= 0.3 is 0 Å². The number of ether oxygens (including phenoxy) is 1. The van der Waals surface area contributed by atoms with Crippen LogP contribution >= 0.6 is 0 Å². The van der Waals surface area contributed by atoms with E-state index < -0.39 is 0 Å². The molecule has 1 amide bonds. The molecule has 4 heteroatoms. The van der Waals surface area contributed by atoms with Gasteiger partial charge in [0.15, 0.2) is 0 Å². The van der Waals surface area contributed by atoms with Gasteiger partial charge in [-0.05, 0) is 24.5 Å². The molecule has 0 aliphatic rings. The number of hydrogen-bond acceptors (Lipinski definition) is 3. The van der Waals surface area contributed by atoms with E-state index in [9.17, 15) is 4.79 Å². The van der Waals surface area contributed by atoms with E-state index in [1.807, 2.05) is 24.3 Å². The number of nitrogens with one attached hydrogen (secondary N) is 1. The van der Waals surface area contributed by atoms with Gasteiger partial charge < -0.3 is 15.8 Å². The summed E-state index contributed by atoms with van der Waals surface area (Å²) in [5.41, 5.74) is 7.38. The van der Waals surface area contributed by atoms with E-state index in [1.54, 1.807) is 0 Å². The molecule has 0 aromatic heterocycles. The summed E-state index contributed by atoms with van der Waals surface area (Å²) < 4.78 is 5.42. The Bertz CT molecular complexity index is 380. The second kappa shape index (κ2) is 9.53. The van der Waals surface area contributed by atoms with E-state index in [0.29, 0.717) is 19.6 Å². The van der Waals surface area contributed by atoms with Crippen LogP contribution in [0.4, 0.5) is 5.69 Å². The molecule has 0 saturated heterocycles. The summed E-state index contributed by atoms with van der Waals surface area (Å²) in [6, 6.07) is 7.60. The van der Waals surface area contributed by atoms with Crippen LogP contribution in [0.2, 0.25) is 0 Å². The van der Waals surface area contributed by atoms with Gasteiger partial charge in [0, 0.05) is 31.9 Å². The number of benzene rings is 1. The van der Waals surface area contributed by atoms with Crippen LogP contribution in [0.25, 0.3) is 0 Å². The lowest BCUT2D eigenvalue weighted by atomic mass is 10.1. The second-order valence-corrected chi connectivity index (χ2v) is 4.48. The third-order valence-corrected chi connectivity index (χ3v) is 2.85. The van der Waals surface area contributed by atoms with Crippen molar-refractivity contribution < 1.29 is 9.53 Å². The lowest BCUT2D eigenvalue weighted by Crippen LogP contribution is -2.14. The SMILES string of the molecule is CCCCOCCCC(=O)Nc1ccccc1CN. The molecule has 19 heavy (non-hydrogen) atoms. The molecule has 0 atom stereocenters. The standard InChI is InChI=1S/C15H24N2O2/c1-2-3-10-19-11-6-9-15(18)17-14-8-5-4-7-13(14)12-16/h4-5,7-8H,2-3,6,9-12,16H2,1H3,(H,17,18). The van der Waals surface area contributed by atoms with Gasteiger partial charge in [0.25, 0.3) is 0 Å². The number of rotatable bonds is 9. The van der Waals surface area contributed by atoms with Gasteiger partial charge in [-0.1, -0.05) is 31.5 Å². The van der Waals surface area contributed by atoms with Crippen LogP contribution in [0.5, 0.6) is 0 Å². The Morgan fingerprint density at radius 2 is 2.00 bits per heavy atom. The fraction of sp³-hybridized carbons (Fsp3) is 0.533. The maximum Gasteiger partial charge on any atom is 0.224 e. The van der Waals surface area contributed by atoms with Gasteiger partial charge in [-0.2, -0.15) is 0 Å². The van der Waals surface area contributed by atoms with Crippen molar-refractivity contribution in [2.45, 2.75) is 39.2 Å². The predicted molar refractivity (Wildman–Crippen MR) is 77.9 cm³/mol. The van der Waals surface area contributed by atoms with Crippen molar-refractivity contribution in [2.75, 3.05) is 18.5 Å². The summed E-state index contributed by atoms with van der Waals surface area (Å²) in [5, 5.41) is 2.89. The normalized spacial score (nSPS) is 10.4. The highest BCUT2D eigenvalue weighted by Crippen LogP contribution is 2.14. The summed E-state index contributed by atoms with van der Waals surface area (Å²) >= 11 is 0. The van der Waals surface area contributed by atoms with Crippen LogP contribution < -0.4 is 11.1 Å². The first-order chi connectivity index (χ1) is 9.27. The first-order valence-corrected chi connectivity index (χ1v) is 6.93. The summed E-state index contributed by atoms with van der Waals surface area (Å²) in [6.07, 6.45) is 3.44. The quantitative estimate of drug-likeness (QED) is 0.674. The Hall–Kier alpha value is -1.39. The molecule has 0 unspecified atom stereocenters. The van der Waals surface area contributed by atoms with Gasteiger partial charge in [-0.3, -0.25) is 4.79 Å². The predicted octanol–water partition coefficient (Wildman–Crippen LogP) is 2.68. The molecule has 1 aromatic rings. The highest BCUT2D eigenvalue weighted by Gasteiger charge is 2.05. The van der Waals surface area contributed by atoms with Crippen molar-refractivity contribution in [3.8, 4) is 0 Å². The second-order valence-electron chi connectivity index (χ2n) is 4.48. The van der Waals surface area contributed by atoms with Crippen molar-refractivity contribution in [1.29, 1.82) is 0 Å². The molecule has 0 heterocycles. The Kier molecular flexibility index (Phi) is 7.86. The fourth-order valence-electron chi connectivity index (χ4n) is 1.72. The first kappa shape index (κ1) is 15.7. The zero-order valence-corrected chi connectivity index (χ0v) is 11.7. The smallest absolute Gasteiger partial charge is 0.224 e. The summed E-state index contributed by atoms with van der Waals surface area (Å²) in [5.74, 6) is 0.0139. The molecule has 1 rings (SSSR count). The van der Waals surface area contributed by atoms with E-state index in [1.165, 1.54) is 0 Å². The number of carbonyl (C=O) groups is 1. The zero-order valence-electron chi connectivity index (χ0n) is 11.7. The van der Waals surface area contributed by atoms with Crippen molar-refractivity contribution in [3.63, 3.8) is 0 Å². The molecule has 0 aliphatic carbocycles. The molecule has 0 spiro atoms. The summed E-state index contributed by atoms with van der Waals surface area (Å²) in [7, 11) is 0. The monoisotopic (exact) mass is 264 g/mol. The summed E-state index contributed by atoms with van der Waals surface area (Å²) in [4.78, 5) is 11.8. The Morgan fingerprint density at radius 1 is 1.26 bits per heavy atom. The largest absolute Gasteiger partial charge is 0.381 e. The van der Waals surface area contributed by atoms with Gasteiger partial charge in [0.05, 0.1) is 0 Å². The first-order valence-electron chi connectivity index (χ1n) is 6.93. The number of anilines is 1. The molecular formula is C15H24N2O2. The van der Waals surface area contributed by atoms with E-state index in [0.717, 1.165) is 37.1 Å². The van der Waals surface area contributed by atoms with Crippen molar-refractivity contribution in [3.05, 3.63) is 29.8 Å². The van der Waals surface area contributed by atoms with Crippen LogP contribution in [0.1, 0.15) is 38.2 Å². The Morgan fingerprint density at radius 3 is 2.74 bits per heavy atom. The van der Waals surface area contributed by atoms with Gasteiger partial charge in [0.1, 0.15) is 0 Å². The van der Waals surface area contributed by atoms with Gasteiger partial charge in [0.2, 0.25) is 5.91 Å². The topological polar surface area (TPSA) is 64.3 Å². The van der Waals surface area contributed by atoms with Crippen molar-refractivity contribution in [2.24, 2.45) is 5.73 Å². The average molecular weight is 264 g/mol. The lowest BCUT2D eigenvalue weighted by Gasteiger charge is -2.09. The molecule has 106 valence electrons. The number of amides is 1. The van der Waals surface area contributed by atoms with Crippen LogP contribution in [-0.4, -0.2) is 19.1 Å². The molecule has 3 N–H and O–H groups in total. The fourth-order valence-corrected chi connectivity index (χ4v) is 1.72. The molecule has 0 fully saturated rings. The Labute approximate surface area is 115 Å². The van der Waals surface area contributed by atoms with Gasteiger partial charge in [-0.25, -0.2) is 0 Å². The average Bonchev–Trinajstić information content (AvgIpc) is 2.43. The number of carbonyl (C=O) groups excluding carboxylic acids is 1. The van der Waals surface area contributed by atoms with Crippen LogP contribution in [-0.2, 0) is 16.1 Å². The molecule has 0 aliphatic heterocycles. The van der Waals surface area contributed by atoms with Gasteiger partial charge in [-0.15, -0.1) is 0 Å². The van der Waals surface area contributed by atoms with Crippen LogP contribution in [0, 0.1) is 0 Å². The molecule has 0 bridgehead atoms. The zero-order chi connectivity index (χ0) is 13.9. The maximum absolute atomic E-state index is 11.8. The molecular weight excluding hydrogens is 240 g/mol. The van der Waals surface area contributed by atoms with E-state index in [-0.39, 0.29) is 5.91 Å². The van der Waals surface area contributed by atoms with Crippen molar-refractivity contribution in [1.82, 2.24) is 0 Å². The molecule has 0 radical (unpaired) electrons. The third kappa shape index (κ3) is 6.36. The maximum atomic E-state index is 11.8. The van der Waals surface area contributed by atoms with E-state index >= 15 is 0 Å². The minimum atomic E-state index is 0.0139. The Balaban J connectivity index is 2.23. The number of nitrogens with two attached hydrogens (primary N) is 1. The summed E-state index contributed by atoms with van der Waals surface area (Å²) in [6.45, 7) is 3.99.